The number of imide groups is 1. The van der Waals surface area contributed by atoms with E-state index in [0.717, 1.165) is 5.56 Å². The van der Waals surface area contributed by atoms with Crippen molar-refractivity contribution in [3.8, 4) is 0 Å². The Morgan fingerprint density at radius 3 is 2.57 bits per heavy atom. The van der Waals surface area contributed by atoms with Gasteiger partial charge in [0.05, 0.1) is 5.69 Å². The van der Waals surface area contributed by atoms with Crippen LogP contribution in [0.1, 0.15) is 18.2 Å². The first kappa shape index (κ1) is 15.0. The summed E-state index contributed by atoms with van der Waals surface area (Å²) in [7, 11) is 0. The lowest BCUT2D eigenvalue weighted by Gasteiger charge is -2.20. The van der Waals surface area contributed by atoms with E-state index in [1.807, 2.05) is 36.4 Å². The third-order valence-corrected chi connectivity index (χ3v) is 3.85. The largest absolute Gasteiger partial charge is 0.325 e. The lowest BCUT2D eigenvalue weighted by Crippen LogP contribution is -2.41. The highest BCUT2D eigenvalue weighted by Crippen LogP contribution is 2.27. The summed E-state index contributed by atoms with van der Waals surface area (Å²) < 4.78 is 0. The molecule has 0 aliphatic carbocycles. The monoisotopic (exact) mass is 307 g/mol. The highest BCUT2D eigenvalue weighted by molar-refractivity contribution is 6.07. The van der Waals surface area contributed by atoms with Gasteiger partial charge in [0.15, 0.2) is 5.54 Å². The second-order valence-corrected chi connectivity index (χ2v) is 5.50. The van der Waals surface area contributed by atoms with Crippen molar-refractivity contribution in [2.24, 2.45) is 0 Å². The fraction of sp³-hybridized carbons (Fsp3) is 0.167. The van der Waals surface area contributed by atoms with Crippen molar-refractivity contribution in [1.82, 2.24) is 15.2 Å². The molecule has 1 N–H and O–H groups in total. The quantitative estimate of drug-likeness (QED) is 0.883. The Labute approximate surface area is 134 Å². The van der Waals surface area contributed by atoms with Crippen LogP contribution >= 0.6 is 0 Å². The summed E-state index contributed by atoms with van der Waals surface area (Å²) in [4.78, 5) is 30.2. The molecule has 0 bridgehead atoms. The number of hydrogen-bond donors (Lipinski definition) is 1. The summed E-state index contributed by atoms with van der Waals surface area (Å²) in [5.41, 5.74) is 0.443. The van der Waals surface area contributed by atoms with E-state index < -0.39 is 11.6 Å². The fourth-order valence-electron chi connectivity index (χ4n) is 2.55. The van der Waals surface area contributed by atoms with Crippen molar-refractivity contribution in [2.75, 3.05) is 6.54 Å². The summed E-state index contributed by atoms with van der Waals surface area (Å²) in [5, 5.41) is 2.74. The van der Waals surface area contributed by atoms with Gasteiger partial charge in [0, 0.05) is 12.7 Å². The highest BCUT2D eigenvalue weighted by Gasteiger charge is 2.49. The molecule has 3 rings (SSSR count). The molecule has 2 heterocycles. The van der Waals surface area contributed by atoms with Crippen LogP contribution in [0.3, 0.4) is 0 Å². The maximum absolute atomic E-state index is 12.6. The molecule has 2 aromatic rings. The van der Waals surface area contributed by atoms with E-state index in [9.17, 15) is 9.59 Å². The van der Waals surface area contributed by atoms with Crippen molar-refractivity contribution in [1.29, 1.82) is 0 Å². The molecule has 1 aromatic carbocycles. The van der Waals surface area contributed by atoms with Gasteiger partial charge in [-0.05, 0) is 24.6 Å². The van der Waals surface area contributed by atoms with E-state index >= 15 is 0 Å². The smallest absolute Gasteiger partial charge is 0.318 e. The summed E-state index contributed by atoms with van der Waals surface area (Å²) in [6.07, 6.45) is 5.30. The van der Waals surface area contributed by atoms with Gasteiger partial charge in [-0.15, -0.1) is 0 Å². The van der Waals surface area contributed by atoms with E-state index in [-0.39, 0.29) is 12.5 Å². The van der Waals surface area contributed by atoms with Crippen LogP contribution in [0.2, 0.25) is 0 Å². The van der Waals surface area contributed by atoms with Crippen LogP contribution in [0.4, 0.5) is 4.79 Å². The first-order valence-corrected chi connectivity index (χ1v) is 7.38. The predicted octanol–water partition coefficient (Wildman–Crippen LogP) is 2.56. The van der Waals surface area contributed by atoms with Crippen LogP contribution in [-0.2, 0) is 10.3 Å². The predicted molar refractivity (Wildman–Crippen MR) is 87.3 cm³/mol. The third kappa shape index (κ3) is 2.85. The van der Waals surface area contributed by atoms with E-state index in [1.54, 1.807) is 37.4 Å². The Morgan fingerprint density at radius 1 is 1.13 bits per heavy atom. The van der Waals surface area contributed by atoms with Crippen LogP contribution in [0.5, 0.6) is 0 Å². The molecule has 3 amide bonds. The number of carbonyl (C=O) groups excluding carboxylic acids is 2. The van der Waals surface area contributed by atoms with Gasteiger partial charge in [0.2, 0.25) is 0 Å². The normalized spacial score (nSPS) is 21.0. The van der Waals surface area contributed by atoms with Gasteiger partial charge in [-0.25, -0.2) is 4.79 Å². The average molecular weight is 307 g/mol. The second-order valence-electron chi connectivity index (χ2n) is 5.50. The Bertz CT molecular complexity index is 743. The lowest BCUT2D eigenvalue weighted by molar-refractivity contribution is -0.130. The van der Waals surface area contributed by atoms with Crippen LogP contribution in [0.25, 0.3) is 6.08 Å². The number of aromatic nitrogens is 1. The minimum atomic E-state index is -1.11. The molecule has 0 spiro atoms. The Balaban J connectivity index is 1.76. The number of hydrogen-bond acceptors (Lipinski definition) is 3. The Morgan fingerprint density at radius 2 is 1.87 bits per heavy atom. The molecular weight excluding hydrogens is 290 g/mol. The van der Waals surface area contributed by atoms with Gasteiger partial charge in [0.25, 0.3) is 5.91 Å². The van der Waals surface area contributed by atoms with Gasteiger partial charge >= 0.3 is 6.03 Å². The first-order valence-electron chi connectivity index (χ1n) is 7.38. The highest BCUT2D eigenvalue weighted by atomic mass is 16.2. The maximum atomic E-state index is 12.6. The molecule has 1 unspecified atom stereocenters. The van der Waals surface area contributed by atoms with Gasteiger partial charge < -0.3 is 5.32 Å². The Hall–Kier alpha value is -2.95. The van der Waals surface area contributed by atoms with Gasteiger partial charge in [-0.1, -0.05) is 48.6 Å². The zero-order valence-electron chi connectivity index (χ0n) is 12.8. The number of amides is 3. The van der Waals surface area contributed by atoms with E-state index in [4.69, 9.17) is 0 Å². The zero-order valence-corrected chi connectivity index (χ0v) is 12.8. The van der Waals surface area contributed by atoms with Crippen molar-refractivity contribution >= 4 is 18.0 Å². The molecule has 1 atom stereocenters. The minimum Gasteiger partial charge on any atom is -0.318 e. The Kier molecular flexibility index (Phi) is 3.93. The van der Waals surface area contributed by atoms with Crippen LogP contribution in [-0.4, -0.2) is 28.4 Å². The van der Waals surface area contributed by atoms with E-state index in [1.165, 1.54) is 4.90 Å². The molecule has 1 aromatic heterocycles. The number of nitrogens with zero attached hydrogens (tertiary/aromatic N) is 2. The summed E-state index contributed by atoms with van der Waals surface area (Å²) >= 11 is 0. The molecule has 1 saturated heterocycles. The molecule has 1 aliphatic heterocycles. The van der Waals surface area contributed by atoms with Crippen molar-refractivity contribution in [3.63, 3.8) is 0 Å². The van der Waals surface area contributed by atoms with Crippen LogP contribution in [0.15, 0.2) is 60.8 Å². The van der Waals surface area contributed by atoms with Gasteiger partial charge in [0.1, 0.15) is 0 Å². The second kappa shape index (κ2) is 6.04. The number of rotatable bonds is 4. The topological polar surface area (TPSA) is 62.3 Å². The number of carbonyl (C=O) groups is 2. The zero-order chi connectivity index (χ0) is 16.3. The van der Waals surface area contributed by atoms with Crippen LogP contribution in [0, 0.1) is 0 Å². The number of nitrogens with one attached hydrogen (secondary N) is 1. The minimum absolute atomic E-state index is 0.224. The van der Waals surface area contributed by atoms with Crippen molar-refractivity contribution in [3.05, 3.63) is 72.1 Å². The molecule has 0 radical (unpaired) electrons. The summed E-state index contributed by atoms with van der Waals surface area (Å²) in [6.45, 7) is 1.90. The fourth-order valence-corrected chi connectivity index (χ4v) is 2.55. The lowest BCUT2D eigenvalue weighted by atomic mass is 9.97. The number of urea groups is 1. The van der Waals surface area contributed by atoms with Crippen molar-refractivity contribution in [2.45, 2.75) is 12.5 Å². The molecule has 0 saturated carbocycles. The van der Waals surface area contributed by atoms with Gasteiger partial charge in [-0.2, -0.15) is 0 Å². The summed E-state index contributed by atoms with van der Waals surface area (Å²) in [5.74, 6) is -0.293. The average Bonchev–Trinajstić information content (AvgIpc) is 2.81. The summed E-state index contributed by atoms with van der Waals surface area (Å²) in [6, 6.07) is 14.6. The SMILES string of the molecule is CC1(c2ccccn2)NC(=O)N(C/C=C/c2ccccc2)C1=O. The molecule has 23 heavy (non-hydrogen) atoms. The van der Waals surface area contributed by atoms with Crippen LogP contribution < -0.4 is 5.32 Å². The molecule has 1 fully saturated rings. The molecule has 5 heteroatoms. The third-order valence-electron chi connectivity index (χ3n) is 3.85. The maximum Gasteiger partial charge on any atom is 0.325 e. The standard InChI is InChI=1S/C18H17N3O2/c1-18(15-11-5-6-12-19-15)16(22)21(17(23)20-18)13-7-10-14-8-3-2-4-9-14/h2-12H,13H2,1H3,(H,20,23)/b10-7+. The molecule has 5 nitrogen and oxygen atoms in total. The van der Waals surface area contributed by atoms with E-state index in [0.29, 0.717) is 5.69 Å². The number of pyridine rings is 1. The first-order chi connectivity index (χ1) is 11.1. The van der Waals surface area contributed by atoms with Gasteiger partial charge in [-0.3, -0.25) is 14.7 Å². The molecule has 116 valence electrons. The van der Waals surface area contributed by atoms with Crippen molar-refractivity contribution < 1.29 is 9.59 Å². The molecule has 1 aliphatic rings. The van der Waals surface area contributed by atoms with E-state index in [2.05, 4.69) is 10.3 Å². The molecular formula is C18H17N3O2. The number of benzene rings is 1.